The number of benzene rings is 1. The Morgan fingerprint density at radius 1 is 1.38 bits per heavy atom. The van der Waals surface area contributed by atoms with Gasteiger partial charge in [-0.2, -0.15) is 5.26 Å². The number of carbonyl (C=O) groups is 1. The zero-order valence-corrected chi connectivity index (χ0v) is 9.15. The number of rotatable bonds is 1. The summed E-state index contributed by atoms with van der Waals surface area (Å²) < 4.78 is 0. The highest BCUT2D eigenvalue weighted by Crippen LogP contribution is 2.26. The lowest BCUT2D eigenvalue weighted by Gasteiger charge is -2.21. The van der Waals surface area contributed by atoms with Crippen LogP contribution in [0.5, 0.6) is 0 Å². The Labute approximate surface area is 95.3 Å². The van der Waals surface area contributed by atoms with Crippen molar-refractivity contribution in [1.29, 1.82) is 5.26 Å². The number of nitriles is 1. The van der Waals surface area contributed by atoms with Crippen molar-refractivity contribution in [2.24, 2.45) is 0 Å². The summed E-state index contributed by atoms with van der Waals surface area (Å²) in [6, 6.07) is 9.89. The first-order valence-electron chi connectivity index (χ1n) is 5.58. The molecule has 0 bridgehead atoms. The molecule has 0 fully saturated rings. The number of hydrogen-bond donors (Lipinski definition) is 0. The molecule has 3 nitrogen and oxygen atoms in total. The molecule has 0 aromatic heterocycles. The van der Waals surface area contributed by atoms with Crippen molar-refractivity contribution in [3.63, 3.8) is 0 Å². The number of para-hydroxylation sites is 1. The molecule has 0 unspecified atom stereocenters. The van der Waals surface area contributed by atoms with Gasteiger partial charge in [-0.1, -0.05) is 18.2 Å². The van der Waals surface area contributed by atoms with Gasteiger partial charge in [0.2, 0.25) is 5.91 Å². The SMILES string of the molecule is N#CCC(=O)N1CCCCc2ccccc21. The quantitative estimate of drug-likeness (QED) is 0.719. The number of nitrogens with zero attached hydrogens (tertiary/aromatic N) is 2. The first-order valence-corrected chi connectivity index (χ1v) is 5.58. The zero-order chi connectivity index (χ0) is 11.4. The molecule has 0 aliphatic carbocycles. The predicted octanol–water partition coefficient (Wildman–Crippen LogP) is 2.27. The van der Waals surface area contributed by atoms with Crippen LogP contribution in [-0.4, -0.2) is 12.5 Å². The van der Waals surface area contributed by atoms with E-state index in [4.69, 9.17) is 5.26 Å². The Hall–Kier alpha value is -1.82. The van der Waals surface area contributed by atoms with Gasteiger partial charge in [0.25, 0.3) is 0 Å². The molecule has 16 heavy (non-hydrogen) atoms. The van der Waals surface area contributed by atoms with Gasteiger partial charge in [-0.05, 0) is 30.9 Å². The molecular weight excluding hydrogens is 200 g/mol. The van der Waals surface area contributed by atoms with Crippen molar-refractivity contribution in [3.05, 3.63) is 29.8 Å². The smallest absolute Gasteiger partial charge is 0.241 e. The van der Waals surface area contributed by atoms with Gasteiger partial charge >= 0.3 is 0 Å². The summed E-state index contributed by atoms with van der Waals surface area (Å²) in [5.41, 5.74) is 2.20. The maximum Gasteiger partial charge on any atom is 0.241 e. The average molecular weight is 214 g/mol. The van der Waals surface area contributed by atoms with Gasteiger partial charge in [-0.15, -0.1) is 0 Å². The van der Waals surface area contributed by atoms with Crippen LogP contribution in [-0.2, 0) is 11.2 Å². The van der Waals surface area contributed by atoms with Crippen molar-refractivity contribution in [2.45, 2.75) is 25.7 Å². The van der Waals surface area contributed by atoms with Crippen molar-refractivity contribution in [3.8, 4) is 6.07 Å². The molecule has 1 amide bonds. The summed E-state index contributed by atoms with van der Waals surface area (Å²) in [4.78, 5) is 13.6. The number of aryl methyl sites for hydroxylation is 1. The third-order valence-electron chi connectivity index (χ3n) is 2.89. The molecule has 1 aliphatic rings. The molecule has 0 N–H and O–H groups in total. The third kappa shape index (κ3) is 2.06. The maximum absolute atomic E-state index is 11.8. The van der Waals surface area contributed by atoms with E-state index in [2.05, 4.69) is 6.07 Å². The number of amides is 1. The fourth-order valence-electron chi connectivity index (χ4n) is 2.11. The first kappa shape index (κ1) is 10.7. The van der Waals surface area contributed by atoms with E-state index in [1.807, 2.05) is 24.3 Å². The number of anilines is 1. The van der Waals surface area contributed by atoms with Crippen molar-refractivity contribution in [2.75, 3.05) is 11.4 Å². The molecule has 82 valence electrons. The van der Waals surface area contributed by atoms with Gasteiger partial charge in [0.15, 0.2) is 0 Å². The third-order valence-corrected chi connectivity index (χ3v) is 2.89. The van der Waals surface area contributed by atoms with Crippen molar-refractivity contribution >= 4 is 11.6 Å². The van der Waals surface area contributed by atoms with Crippen LogP contribution in [0.2, 0.25) is 0 Å². The molecule has 3 heteroatoms. The van der Waals surface area contributed by atoms with E-state index in [9.17, 15) is 4.79 Å². The Kier molecular flexibility index (Phi) is 3.21. The molecular formula is C13H14N2O. The largest absolute Gasteiger partial charge is 0.311 e. The topological polar surface area (TPSA) is 44.1 Å². The second-order valence-corrected chi connectivity index (χ2v) is 3.97. The van der Waals surface area contributed by atoms with Crippen LogP contribution >= 0.6 is 0 Å². The van der Waals surface area contributed by atoms with Crippen LogP contribution in [0.25, 0.3) is 0 Å². The Morgan fingerprint density at radius 2 is 2.19 bits per heavy atom. The second kappa shape index (κ2) is 4.80. The molecule has 0 saturated heterocycles. The van der Waals surface area contributed by atoms with Crippen LogP contribution in [0.1, 0.15) is 24.8 Å². The summed E-state index contributed by atoms with van der Waals surface area (Å²) in [6.45, 7) is 0.734. The van der Waals surface area contributed by atoms with Crippen LogP contribution in [0.3, 0.4) is 0 Å². The van der Waals surface area contributed by atoms with E-state index in [0.29, 0.717) is 0 Å². The zero-order valence-electron chi connectivity index (χ0n) is 9.15. The summed E-state index contributed by atoms with van der Waals surface area (Å²) in [5, 5.41) is 8.59. The highest BCUT2D eigenvalue weighted by molar-refractivity contribution is 5.95. The predicted molar refractivity (Wildman–Crippen MR) is 62.0 cm³/mol. The summed E-state index contributed by atoms with van der Waals surface area (Å²) >= 11 is 0. The van der Waals surface area contributed by atoms with Gasteiger partial charge in [-0.3, -0.25) is 4.79 Å². The Morgan fingerprint density at radius 3 is 3.00 bits per heavy atom. The molecule has 0 saturated carbocycles. The van der Waals surface area contributed by atoms with E-state index < -0.39 is 0 Å². The minimum Gasteiger partial charge on any atom is -0.311 e. The fraction of sp³-hybridized carbons (Fsp3) is 0.385. The fourth-order valence-corrected chi connectivity index (χ4v) is 2.11. The first-order chi connectivity index (χ1) is 7.83. The Bertz CT molecular complexity index is 434. The maximum atomic E-state index is 11.8. The van der Waals surface area contributed by atoms with Crippen molar-refractivity contribution in [1.82, 2.24) is 0 Å². The number of fused-ring (bicyclic) bond motifs is 1. The number of hydrogen-bond acceptors (Lipinski definition) is 2. The normalized spacial score (nSPS) is 14.8. The standard InChI is InChI=1S/C13H14N2O/c14-9-8-13(16)15-10-4-3-6-11-5-1-2-7-12(11)15/h1-2,5,7H,3-4,6,8,10H2. The minimum atomic E-state index is -0.0862. The van der Waals surface area contributed by atoms with Gasteiger partial charge in [-0.25, -0.2) is 0 Å². The van der Waals surface area contributed by atoms with E-state index in [1.165, 1.54) is 5.56 Å². The summed E-state index contributed by atoms with van der Waals surface area (Å²) in [6.07, 6.45) is 3.10. The lowest BCUT2D eigenvalue weighted by Crippen LogP contribution is -2.31. The second-order valence-electron chi connectivity index (χ2n) is 3.97. The number of carbonyl (C=O) groups excluding carboxylic acids is 1. The molecule has 0 spiro atoms. The minimum absolute atomic E-state index is 0.0334. The molecule has 1 aliphatic heterocycles. The molecule has 1 heterocycles. The highest BCUT2D eigenvalue weighted by atomic mass is 16.2. The van der Waals surface area contributed by atoms with Crippen LogP contribution in [0.4, 0.5) is 5.69 Å². The van der Waals surface area contributed by atoms with E-state index in [0.717, 1.165) is 31.5 Å². The van der Waals surface area contributed by atoms with Crippen LogP contribution < -0.4 is 4.90 Å². The lowest BCUT2D eigenvalue weighted by molar-refractivity contribution is -0.117. The van der Waals surface area contributed by atoms with E-state index >= 15 is 0 Å². The summed E-state index contributed by atoms with van der Waals surface area (Å²) in [5.74, 6) is -0.0862. The van der Waals surface area contributed by atoms with Gasteiger partial charge in [0, 0.05) is 12.2 Å². The van der Waals surface area contributed by atoms with E-state index in [1.54, 1.807) is 4.90 Å². The monoisotopic (exact) mass is 214 g/mol. The van der Waals surface area contributed by atoms with Crippen molar-refractivity contribution < 1.29 is 4.79 Å². The van der Waals surface area contributed by atoms with Gasteiger partial charge < -0.3 is 4.90 Å². The lowest BCUT2D eigenvalue weighted by atomic mass is 10.1. The van der Waals surface area contributed by atoms with Gasteiger partial charge in [0.05, 0.1) is 6.07 Å². The highest BCUT2D eigenvalue weighted by Gasteiger charge is 2.19. The Balaban J connectivity index is 2.33. The molecule has 2 rings (SSSR count). The molecule has 1 aromatic rings. The van der Waals surface area contributed by atoms with Crippen LogP contribution in [0.15, 0.2) is 24.3 Å². The van der Waals surface area contributed by atoms with Gasteiger partial charge in [0.1, 0.15) is 6.42 Å². The molecule has 1 aromatic carbocycles. The van der Waals surface area contributed by atoms with Crippen LogP contribution in [0, 0.1) is 11.3 Å². The average Bonchev–Trinajstić information content (AvgIpc) is 2.51. The van der Waals surface area contributed by atoms with E-state index in [-0.39, 0.29) is 12.3 Å². The molecule has 0 radical (unpaired) electrons. The summed E-state index contributed by atoms with van der Waals surface area (Å²) in [7, 11) is 0. The molecule has 0 atom stereocenters.